The number of rotatable bonds is 0. The van der Waals surface area contributed by atoms with E-state index in [1.54, 1.807) is 6.20 Å². The fraction of sp³-hybridized carbons (Fsp3) is 0.444. The second-order valence-electron chi connectivity index (χ2n) is 3.10. The van der Waals surface area contributed by atoms with E-state index in [0.717, 1.165) is 18.8 Å². The molecule has 1 aromatic heterocycles. The third-order valence-electron chi connectivity index (χ3n) is 1.96. The van der Waals surface area contributed by atoms with E-state index < -0.39 is 0 Å². The molecule has 1 aliphatic rings. The predicted octanol–water partition coefficient (Wildman–Crippen LogP) is 1.65. The maximum Gasteiger partial charge on any atom is 0.140 e. The van der Waals surface area contributed by atoms with E-state index in [-0.39, 0.29) is 0 Å². The maximum absolute atomic E-state index is 5.47. The molecule has 58 valence electrons. The van der Waals surface area contributed by atoms with E-state index in [2.05, 4.69) is 11.9 Å². The van der Waals surface area contributed by atoms with Gasteiger partial charge >= 0.3 is 0 Å². The molecule has 0 spiro atoms. The van der Waals surface area contributed by atoms with E-state index in [0.29, 0.717) is 5.92 Å². The van der Waals surface area contributed by atoms with Crippen molar-refractivity contribution in [2.75, 3.05) is 6.61 Å². The van der Waals surface area contributed by atoms with E-state index in [9.17, 15) is 0 Å². The Hall–Kier alpha value is -1.05. The lowest BCUT2D eigenvalue weighted by molar-refractivity contribution is 0.233. The average Bonchev–Trinajstić information content (AvgIpc) is 2.04. The second kappa shape index (κ2) is 2.53. The van der Waals surface area contributed by atoms with Crippen LogP contribution in [0.3, 0.4) is 0 Å². The number of ether oxygens (including phenoxy) is 1. The Morgan fingerprint density at radius 1 is 1.64 bits per heavy atom. The van der Waals surface area contributed by atoms with Gasteiger partial charge in [0, 0.05) is 6.20 Å². The van der Waals surface area contributed by atoms with Gasteiger partial charge in [0.25, 0.3) is 0 Å². The third kappa shape index (κ3) is 1.20. The summed E-state index contributed by atoms with van der Waals surface area (Å²) in [6, 6.07) is 2.03. The largest absolute Gasteiger partial charge is 0.491 e. The smallest absolute Gasteiger partial charge is 0.140 e. The Labute approximate surface area is 66.2 Å². The van der Waals surface area contributed by atoms with Crippen molar-refractivity contribution >= 4 is 0 Å². The standard InChI is InChI=1S/C9H11NO/c1-7-4-8-2-3-10-5-9(8)11-6-7/h2-3,5,7H,4,6H2,1H3/t7-/m1/s1. The molecule has 2 rings (SSSR count). The lowest BCUT2D eigenvalue weighted by atomic mass is 10.00. The van der Waals surface area contributed by atoms with Gasteiger partial charge in [-0.1, -0.05) is 6.92 Å². The first-order valence-corrected chi connectivity index (χ1v) is 3.92. The van der Waals surface area contributed by atoms with E-state index in [1.165, 1.54) is 5.56 Å². The molecule has 2 heteroatoms. The molecule has 0 unspecified atom stereocenters. The molecule has 1 aliphatic heterocycles. The van der Waals surface area contributed by atoms with Crippen LogP contribution in [0.1, 0.15) is 12.5 Å². The topological polar surface area (TPSA) is 22.1 Å². The number of hydrogen-bond donors (Lipinski definition) is 0. The van der Waals surface area contributed by atoms with Crippen molar-refractivity contribution in [2.45, 2.75) is 13.3 Å². The number of aromatic nitrogens is 1. The van der Waals surface area contributed by atoms with Crippen LogP contribution in [-0.4, -0.2) is 11.6 Å². The highest BCUT2D eigenvalue weighted by atomic mass is 16.5. The summed E-state index contributed by atoms with van der Waals surface area (Å²) < 4.78 is 5.47. The van der Waals surface area contributed by atoms with Crippen molar-refractivity contribution < 1.29 is 4.74 Å². The highest BCUT2D eigenvalue weighted by Gasteiger charge is 2.14. The van der Waals surface area contributed by atoms with Crippen LogP contribution < -0.4 is 4.74 Å². The summed E-state index contributed by atoms with van der Waals surface area (Å²) >= 11 is 0. The van der Waals surface area contributed by atoms with Gasteiger partial charge in [-0.05, 0) is 24.0 Å². The van der Waals surface area contributed by atoms with Crippen molar-refractivity contribution in [3.8, 4) is 5.75 Å². The molecular weight excluding hydrogens is 138 g/mol. The van der Waals surface area contributed by atoms with Gasteiger partial charge in [0.1, 0.15) is 5.75 Å². The Bertz CT molecular complexity index is 259. The summed E-state index contributed by atoms with van der Waals surface area (Å²) in [7, 11) is 0. The molecule has 0 N–H and O–H groups in total. The van der Waals surface area contributed by atoms with Crippen molar-refractivity contribution in [2.24, 2.45) is 5.92 Å². The minimum Gasteiger partial charge on any atom is -0.491 e. The van der Waals surface area contributed by atoms with Crippen LogP contribution in [0.5, 0.6) is 5.75 Å². The van der Waals surface area contributed by atoms with Crippen LogP contribution in [0.25, 0.3) is 0 Å². The molecule has 1 atom stereocenters. The van der Waals surface area contributed by atoms with E-state index in [4.69, 9.17) is 4.74 Å². The van der Waals surface area contributed by atoms with E-state index >= 15 is 0 Å². The van der Waals surface area contributed by atoms with Crippen molar-refractivity contribution in [1.82, 2.24) is 4.98 Å². The Balaban J connectivity index is 2.34. The SMILES string of the molecule is C[C@H]1COc2cnccc2C1. The van der Waals surface area contributed by atoms with E-state index in [1.807, 2.05) is 12.3 Å². The zero-order valence-corrected chi connectivity index (χ0v) is 6.58. The molecule has 0 aliphatic carbocycles. The summed E-state index contributed by atoms with van der Waals surface area (Å²) in [6.45, 7) is 3.03. The molecule has 0 amide bonds. The first kappa shape index (κ1) is 6.65. The summed E-state index contributed by atoms with van der Waals surface area (Å²) in [5, 5.41) is 0. The number of pyridine rings is 1. The fourth-order valence-corrected chi connectivity index (χ4v) is 1.37. The highest BCUT2D eigenvalue weighted by Crippen LogP contribution is 2.25. The minimum atomic E-state index is 0.643. The van der Waals surface area contributed by atoms with Gasteiger partial charge in [-0.2, -0.15) is 0 Å². The predicted molar refractivity (Wildman–Crippen MR) is 42.6 cm³/mol. The Morgan fingerprint density at radius 2 is 2.55 bits per heavy atom. The van der Waals surface area contributed by atoms with Gasteiger partial charge < -0.3 is 4.74 Å². The number of hydrogen-bond acceptors (Lipinski definition) is 2. The van der Waals surface area contributed by atoms with Crippen LogP contribution in [-0.2, 0) is 6.42 Å². The zero-order valence-electron chi connectivity index (χ0n) is 6.58. The quantitative estimate of drug-likeness (QED) is 0.559. The van der Waals surface area contributed by atoms with Crippen molar-refractivity contribution in [1.29, 1.82) is 0 Å². The zero-order chi connectivity index (χ0) is 7.68. The highest BCUT2D eigenvalue weighted by molar-refractivity contribution is 5.31. The maximum atomic E-state index is 5.47. The van der Waals surface area contributed by atoms with Crippen LogP contribution >= 0.6 is 0 Å². The molecule has 2 heterocycles. The molecular formula is C9H11NO. The molecule has 2 nitrogen and oxygen atoms in total. The fourth-order valence-electron chi connectivity index (χ4n) is 1.37. The van der Waals surface area contributed by atoms with Gasteiger partial charge in [-0.3, -0.25) is 4.98 Å². The first-order valence-electron chi connectivity index (χ1n) is 3.92. The summed E-state index contributed by atoms with van der Waals surface area (Å²) in [4.78, 5) is 4.00. The molecule has 11 heavy (non-hydrogen) atoms. The Morgan fingerprint density at radius 3 is 3.45 bits per heavy atom. The molecule has 1 aromatic rings. The number of fused-ring (bicyclic) bond motifs is 1. The van der Waals surface area contributed by atoms with Crippen molar-refractivity contribution in [3.05, 3.63) is 24.0 Å². The lowest BCUT2D eigenvalue weighted by Gasteiger charge is -2.21. The van der Waals surface area contributed by atoms with Crippen LogP contribution in [0, 0.1) is 5.92 Å². The summed E-state index contributed by atoms with van der Waals surface area (Å²) in [5.41, 5.74) is 1.29. The van der Waals surface area contributed by atoms with Crippen LogP contribution in [0.2, 0.25) is 0 Å². The van der Waals surface area contributed by atoms with Gasteiger partial charge in [-0.25, -0.2) is 0 Å². The van der Waals surface area contributed by atoms with Crippen molar-refractivity contribution in [3.63, 3.8) is 0 Å². The molecule has 0 bridgehead atoms. The number of nitrogens with zero attached hydrogens (tertiary/aromatic N) is 1. The lowest BCUT2D eigenvalue weighted by Crippen LogP contribution is -2.17. The van der Waals surface area contributed by atoms with Gasteiger partial charge in [-0.15, -0.1) is 0 Å². The monoisotopic (exact) mass is 149 g/mol. The molecule has 0 fully saturated rings. The van der Waals surface area contributed by atoms with Gasteiger partial charge in [0.15, 0.2) is 0 Å². The summed E-state index contributed by atoms with van der Waals surface area (Å²) in [6.07, 6.45) is 4.74. The molecule has 0 saturated carbocycles. The van der Waals surface area contributed by atoms with Gasteiger partial charge in [0.2, 0.25) is 0 Å². The molecule has 0 radical (unpaired) electrons. The summed E-state index contributed by atoms with van der Waals surface area (Å²) in [5.74, 6) is 1.61. The third-order valence-corrected chi connectivity index (χ3v) is 1.96. The molecule has 0 saturated heterocycles. The van der Waals surface area contributed by atoms with Gasteiger partial charge in [0.05, 0.1) is 12.8 Å². The Kier molecular flexibility index (Phi) is 1.53. The normalized spacial score (nSPS) is 22.1. The molecule has 0 aromatic carbocycles. The second-order valence-corrected chi connectivity index (χ2v) is 3.10. The first-order chi connectivity index (χ1) is 5.36. The average molecular weight is 149 g/mol. The van der Waals surface area contributed by atoms with Crippen LogP contribution in [0.15, 0.2) is 18.5 Å². The minimum absolute atomic E-state index is 0.643. The van der Waals surface area contributed by atoms with Crippen LogP contribution in [0.4, 0.5) is 0 Å².